The van der Waals surface area contributed by atoms with Crippen molar-refractivity contribution in [2.45, 2.75) is 13.0 Å². The lowest BCUT2D eigenvalue weighted by molar-refractivity contribution is 0.122. The molecular formula is C15H22N6O. The number of morpholine rings is 1. The molecule has 22 heavy (non-hydrogen) atoms. The third-order valence-corrected chi connectivity index (χ3v) is 4.12. The van der Waals surface area contributed by atoms with Crippen molar-refractivity contribution in [3.05, 3.63) is 30.4 Å². The minimum atomic E-state index is 0.195. The summed E-state index contributed by atoms with van der Waals surface area (Å²) in [6.07, 6.45) is 5.56. The average molecular weight is 302 g/mol. The maximum absolute atomic E-state index is 5.39. The van der Waals surface area contributed by atoms with Gasteiger partial charge in [0, 0.05) is 45.0 Å². The van der Waals surface area contributed by atoms with Crippen molar-refractivity contribution in [2.24, 2.45) is 7.05 Å². The van der Waals surface area contributed by atoms with Gasteiger partial charge in [-0.3, -0.25) is 4.68 Å². The smallest absolute Gasteiger partial charge is 0.134 e. The number of nitrogens with zero attached hydrogens (tertiary/aromatic N) is 6. The Kier molecular flexibility index (Phi) is 4.24. The Balaban J connectivity index is 1.78. The molecule has 2 aromatic heterocycles. The number of hydrogen-bond acceptors (Lipinski definition) is 6. The molecule has 3 rings (SSSR count). The van der Waals surface area contributed by atoms with Crippen molar-refractivity contribution in [2.75, 3.05) is 43.2 Å². The zero-order valence-corrected chi connectivity index (χ0v) is 13.3. The van der Waals surface area contributed by atoms with E-state index in [-0.39, 0.29) is 6.04 Å². The van der Waals surface area contributed by atoms with Crippen LogP contribution in [0.1, 0.15) is 18.5 Å². The zero-order valence-electron chi connectivity index (χ0n) is 13.3. The first-order chi connectivity index (χ1) is 10.6. The molecule has 0 aliphatic carbocycles. The monoisotopic (exact) mass is 302 g/mol. The van der Waals surface area contributed by atoms with Crippen LogP contribution in [0.3, 0.4) is 0 Å². The molecule has 118 valence electrons. The standard InChI is InChI=1S/C15H22N6O/c1-12(13-9-18-19(2)10-13)20(3)14-8-15(17-11-16-14)21-4-6-22-7-5-21/h8-12H,4-7H2,1-3H3. The van der Waals surface area contributed by atoms with E-state index in [0.717, 1.165) is 43.5 Å². The Morgan fingerprint density at radius 2 is 2.05 bits per heavy atom. The van der Waals surface area contributed by atoms with Crippen LogP contribution >= 0.6 is 0 Å². The van der Waals surface area contributed by atoms with Gasteiger partial charge in [-0.15, -0.1) is 0 Å². The van der Waals surface area contributed by atoms with Gasteiger partial charge >= 0.3 is 0 Å². The highest BCUT2D eigenvalue weighted by Gasteiger charge is 2.18. The average Bonchev–Trinajstić information content (AvgIpc) is 3.01. The molecule has 0 saturated carbocycles. The second kappa shape index (κ2) is 6.31. The Hall–Kier alpha value is -2.15. The molecule has 0 spiro atoms. The van der Waals surface area contributed by atoms with Gasteiger partial charge in [-0.1, -0.05) is 0 Å². The molecule has 0 aromatic carbocycles. The van der Waals surface area contributed by atoms with Gasteiger partial charge < -0.3 is 14.5 Å². The zero-order chi connectivity index (χ0) is 15.5. The summed E-state index contributed by atoms with van der Waals surface area (Å²) in [5.74, 6) is 1.87. The predicted octanol–water partition coefficient (Wildman–Crippen LogP) is 1.24. The van der Waals surface area contributed by atoms with E-state index in [2.05, 4.69) is 31.8 Å². The van der Waals surface area contributed by atoms with Gasteiger partial charge in [-0.05, 0) is 6.92 Å². The number of hydrogen-bond donors (Lipinski definition) is 0. The normalized spacial score (nSPS) is 16.6. The molecule has 0 N–H and O–H groups in total. The fourth-order valence-corrected chi connectivity index (χ4v) is 2.57. The van der Waals surface area contributed by atoms with E-state index in [0.29, 0.717) is 0 Å². The highest BCUT2D eigenvalue weighted by Crippen LogP contribution is 2.25. The number of ether oxygens (including phenoxy) is 1. The summed E-state index contributed by atoms with van der Waals surface area (Å²) >= 11 is 0. The fourth-order valence-electron chi connectivity index (χ4n) is 2.57. The minimum Gasteiger partial charge on any atom is -0.378 e. The topological polar surface area (TPSA) is 59.3 Å². The van der Waals surface area contributed by atoms with E-state index in [1.54, 1.807) is 6.33 Å². The minimum absolute atomic E-state index is 0.195. The van der Waals surface area contributed by atoms with Crippen LogP contribution in [-0.4, -0.2) is 53.1 Å². The summed E-state index contributed by atoms with van der Waals surface area (Å²) in [5, 5.41) is 4.24. The van der Waals surface area contributed by atoms with Crippen molar-refractivity contribution in [1.82, 2.24) is 19.7 Å². The lowest BCUT2D eigenvalue weighted by Crippen LogP contribution is -2.37. The summed E-state index contributed by atoms with van der Waals surface area (Å²) in [7, 11) is 3.97. The van der Waals surface area contributed by atoms with Gasteiger partial charge in [-0.25, -0.2) is 9.97 Å². The second-order valence-electron chi connectivity index (χ2n) is 5.57. The van der Waals surface area contributed by atoms with Crippen LogP contribution < -0.4 is 9.80 Å². The van der Waals surface area contributed by atoms with Crippen molar-refractivity contribution >= 4 is 11.6 Å². The third-order valence-electron chi connectivity index (χ3n) is 4.12. The van der Waals surface area contributed by atoms with Crippen LogP contribution in [0.5, 0.6) is 0 Å². The van der Waals surface area contributed by atoms with E-state index < -0.39 is 0 Å². The number of anilines is 2. The number of aromatic nitrogens is 4. The molecule has 3 heterocycles. The van der Waals surface area contributed by atoms with E-state index >= 15 is 0 Å². The molecule has 1 aliphatic heterocycles. The van der Waals surface area contributed by atoms with Gasteiger partial charge in [-0.2, -0.15) is 5.10 Å². The summed E-state index contributed by atoms with van der Waals surface area (Å²) in [4.78, 5) is 13.2. The Bertz CT molecular complexity index is 622. The molecule has 1 unspecified atom stereocenters. The SMILES string of the molecule is CC(c1cnn(C)c1)N(C)c1cc(N2CCOCC2)ncn1. The van der Waals surface area contributed by atoms with Crippen molar-refractivity contribution < 1.29 is 4.74 Å². The van der Waals surface area contributed by atoms with Crippen LogP contribution in [0, 0.1) is 0 Å². The van der Waals surface area contributed by atoms with Crippen LogP contribution in [0.25, 0.3) is 0 Å². The second-order valence-corrected chi connectivity index (χ2v) is 5.57. The molecule has 1 saturated heterocycles. The summed E-state index contributed by atoms with van der Waals surface area (Å²) < 4.78 is 7.21. The van der Waals surface area contributed by atoms with Gasteiger partial charge in [0.15, 0.2) is 0 Å². The van der Waals surface area contributed by atoms with Crippen molar-refractivity contribution in [3.63, 3.8) is 0 Å². The summed E-state index contributed by atoms with van der Waals surface area (Å²) in [5.41, 5.74) is 1.16. The first kappa shape index (κ1) is 14.8. The molecule has 2 aromatic rings. The van der Waals surface area contributed by atoms with E-state index in [1.807, 2.05) is 37.2 Å². The number of aryl methyl sites for hydroxylation is 1. The van der Waals surface area contributed by atoms with Gasteiger partial charge in [0.05, 0.1) is 25.5 Å². The molecule has 0 radical (unpaired) electrons. The van der Waals surface area contributed by atoms with Gasteiger partial charge in [0.1, 0.15) is 18.0 Å². The lowest BCUT2D eigenvalue weighted by atomic mass is 10.1. The van der Waals surface area contributed by atoms with Crippen LogP contribution in [-0.2, 0) is 11.8 Å². The molecule has 1 aliphatic rings. The van der Waals surface area contributed by atoms with E-state index in [4.69, 9.17) is 4.74 Å². The molecule has 7 heteroatoms. The first-order valence-corrected chi connectivity index (χ1v) is 7.51. The Labute approximate surface area is 130 Å². The van der Waals surface area contributed by atoms with Gasteiger partial charge in [0.25, 0.3) is 0 Å². The third kappa shape index (κ3) is 3.04. The molecule has 1 atom stereocenters. The van der Waals surface area contributed by atoms with E-state index in [9.17, 15) is 0 Å². The summed E-state index contributed by atoms with van der Waals surface area (Å²) in [6.45, 7) is 5.40. The van der Waals surface area contributed by atoms with Crippen LogP contribution in [0.4, 0.5) is 11.6 Å². The molecule has 1 fully saturated rings. The molecule has 0 amide bonds. The Morgan fingerprint density at radius 1 is 1.27 bits per heavy atom. The molecule has 0 bridgehead atoms. The van der Waals surface area contributed by atoms with Crippen molar-refractivity contribution in [1.29, 1.82) is 0 Å². The quantitative estimate of drug-likeness (QED) is 0.847. The predicted molar refractivity (Wildman–Crippen MR) is 85.1 cm³/mol. The molecular weight excluding hydrogens is 280 g/mol. The Morgan fingerprint density at radius 3 is 2.73 bits per heavy atom. The maximum Gasteiger partial charge on any atom is 0.134 e. The first-order valence-electron chi connectivity index (χ1n) is 7.51. The lowest BCUT2D eigenvalue weighted by Gasteiger charge is -2.29. The van der Waals surface area contributed by atoms with Crippen molar-refractivity contribution in [3.8, 4) is 0 Å². The number of rotatable bonds is 4. The fraction of sp³-hybridized carbons (Fsp3) is 0.533. The highest BCUT2D eigenvalue weighted by molar-refractivity contribution is 5.51. The molecule has 7 nitrogen and oxygen atoms in total. The van der Waals surface area contributed by atoms with Crippen LogP contribution in [0.15, 0.2) is 24.8 Å². The maximum atomic E-state index is 5.39. The highest BCUT2D eigenvalue weighted by atomic mass is 16.5. The summed E-state index contributed by atoms with van der Waals surface area (Å²) in [6, 6.07) is 2.24. The van der Waals surface area contributed by atoms with Gasteiger partial charge in [0.2, 0.25) is 0 Å². The largest absolute Gasteiger partial charge is 0.378 e. The van der Waals surface area contributed by atoms with Crippen LogP contribution in [0.2, 0.25) is 0 Å². The van der Waals surface area contributed by atoms with E-state index in [1.165, 1.54) is 0 Å².